The fourth-order valence-electron chi connectivity index (χ4n) is 1.43. The van der Waals surface area contributed by atoms with Crippen LogP contribution in [0.2, 0.25) is 0 Å². The van der Waals surface area contributed by atoms with Gasteiger partial charge >= 0.3 is 0 Å². The van der Waals surface area contributed by atoms with Crippen molar-refractivity contribution >= 4 is 17.4 Å². The maximum Gasteiger partial charge on any atom is 0.267 e. The number of carbonyl (C=O) groups excluding carboxylic acids is 1. The summed E-state index contributed by atoms with van der Waals surface area (Å²) in [5, 5.41) is 0. The van der Waals surface area contributed by atoms with E-state index >= 15 is 0 Å². The minimum atomic E-state index is -2.67. The van der Waals surface area contributed by atoms with E-state index < -0.39 is 6.43 Å². The van der Waals surface area contributed by atoms with Crippen LogP contribution < -0.4 is 4.74 Å². The zero-order valence-corrected chi connectivity index (χ0v) is 9.43. The molecule has 0 spiro atoms. The van der Waals surface area contributed by atoms with Gasteiger partial charge in [0, 0.05) is 6.42 Å². The zero-order chi connectivity index (χ0) is 12.1. The second-order valence-electron chi connectivity index (χ2n) is 3.18. The van der Waals surface area contributed by atoms with Gasteiger partial charge in [-0.15, -0.1) is 11.6 Å². The Morgan fingerprint density at radius 2 is 2.19 bits per heavy atom. The first-order valence-electron chi connectivity index (χ1n) is 4.61. The van der Waals surface area contributed by atoms with Crippen LogP contribution in [0.1, 0.15) is 17.6 Å². The summed E-state index contributed by atoms with van der Waals surface area (Å²) in [5.41, 5.74) is 0.0310. The number of rotatable bonds is 5. The molecule has 0 saturated heterocycles. The van der Waals surface area contributed by atoms with E-state index in [0.29, 0.717) is 0 Å². The third-order valence-corrected chi connectivity index (χ3v) is 2.43. The maximum absolute atomic E-state index is 12.8. The summed E-state index contributed by atoms with van der Waals surface area (Å²) < 4.78 is 30.4. The molecule has 0 saturated carbocycles. The van der Waals surface area contributed by atoms with Crippen LogP contribution in [0, 0.1) is 0 Å². The van der Waals surface area contributed by atoms with Gasteiger partial charge in [0.25, 0.3) is 6.43 Å². The van der Waals surface area contributed by atoms with Crippen LogP contribution in [0.4, 0.5) is 8.78 Å². The summed E-state index contributed by atoms with van der Waals surface area (Å²) >= 11 is 5.34. The average molecular weight is 249 g/mol. The third kappa shape index (κ3) is 2.92. The molecule has 0 heterocycles. The molecule has 1 aromatic carbocycles. The van der Waals surface area contributed by atoms with E-state index in [4.69, 9.17) is 16.3 Å². The van der Waals surface area contributed by atoms with Crippen molar-refractivity contribution in [2.75, 3.05) is 13.0 Å². The first-order chi connectivity index (χ1) is 7.60. The van der Waals surface area contributed by atoms with Gasteiger partial charge in [-0.3, -0.25) is 4.79 Å². The number of Topliss-reactive ketones (excluding diaryl/α,β-unsaturated/α-hetero) is 1. The van der Waals surface area contributed by atoms with Crippen LogP contribution in [0.15, 0.2) is 18.2 Å². The van der Waals surface area contributed by atoms with Gasteiger partial charge in [-0.05, 0) is 11.6 Å². The molecule has 0 N–H and O–H groups in total. The van der Waals surface area contributed by atoms with Gasteiger partial charge in [0.2, 0.25) is 0 Å². The summed E-state index contributed by atoms with van der Waals surface area (Å²) in [6, 6.07) is 4.49. The Hall–Kier alpha value is -1.16. The van der Waals surface area contributed by atoms with Crippen molar-refractivity contribution in [3.63, 3.8) is 0 Å². The molecule has 88 valence electrons. The molecule has 0 aliphatic heterocycles. The number of benzene rings is 1. The molecule has 0 aromatic heterocycles. The molecule has 0 amide bonds. The lowest BCUT2D eigenvalue weighted by Gasteiger charge is -2.12. The number of ketones is 1. The minimum Gasteiger partial charge on any atom is -0.496 e. The van der Waals surface area contributed by atoms with E-state index in [1.54, 1.807) is 6.07 Å². The van der Waals surface area contributed by atoms with Gasteiger partial charge in [0.15, 0.2) is 5.78 Å². The van der Waals surface area contributed by atoms with Crippen LogP contribution in [0.5, 0.6) is 5.75 Å². The van der Waals surface area contributed by atoms with Crippen molar-refractivity contribution in [1.82, 2.24) is 0 Å². The van der Waals surface area contributed by atoms with Crippen LogP contribution in [-0.2, 0) is 11.2 Å². The Balaban J connectivity index is 3.11. The van der Waals surface area contributed by atoms with Gasteiger partial charge in [0.1, 0.15) is 5.75 Å². The number of ether oxygens (including phenoxy) is 1. The Morgan fingerprint density at radius 3 is 2.69 bits per heavy atom. The molecule has 0 aliphatic rings. The number of hydrogen-bond acceptors (Lipinski definition) is 2. The first kappa shape index (κ1) is 12.9. The van der Waals surface area contributed by atoms with Gasteiger partial charge in [-0.25, -0.2) is 8.78 Å². The molecule has 1 aromatic rings. The van der Waals surface area contributed by atoms with Gasteiger partial charge in [0.05, 0.1) is 18.6 Å². The quantitative estimate of drug-likeness (QED) is 0.749. The van der Waals surface area contributed by atoms with Crippen molar-refractivity contribution in [2.24, 2.45) is 0 Å². The van der Waals surface area contributed by atoms with Gasteiger partial charge < -0.3 is 4.74 Å². The Kier molecular flexibility index (Phi) is 4.68. The number of alkyl halides is 3. The molecular weight excluding hydrogens is 238 g/mol. The lowest BCUT2D eigenvalue weighted by molar-refractivity contribution is -0.116. The monoisotopic (exact) mass is 248 g/mol. The highest BCUT2D eigenvalue weighted by molar-refractivity contribution is 6.27. The first-order valence-corrected chi connectivity index (χ1v) is 5.15. The Bertz CT molecular complexity index is 380. The second kappa shape index (κ2) is 5.80. The summed E-state index contributed by atoms with van der Waals surface area (Å²) in [6.07, 6.45) is -2.77. The number of hydrogen-bond donors (Lipinski definition) is 0. The Labute approximate surface area is 97.2 Å². The number of carbonyl (C=O) groups is 1. The van der Waals surface area contributed by atoms with Crippen molar-refractivity contribution in [3.05, 3.63) is 29.3 Å². The van der Waals surface area contributed by atoms with Crippen LogP contribution in [0.25, 0.3) is 0 Å². The average Bonchev–Trinajstić information content (AvgIpc) is 2.28. The highest BCUT2D eigenvalue weighted by Gasteiger charge is 2.19. The largest absolute Gasteiger partial charge is 0.496 e. The van der Waals surface area contributed by atoms with E-state index in [0.717, 1.165) is 0 Å². The molecule has 0 fully saturated rings. The summed E-state index contributed by atoms with van der Waals surface area (Å²) in [4.78, 5) is 11.1. The van der Waals surface area contributed by atoms with Crippen LogP contribution in [-0.4, -0.2) is 18.8 Å². The molecule has 0 radical (unpaired) electrons. The molecule has 0 bridgehead atoms. The zero-order valence-electron chi connectivity index (χ0n) is 8.67. The lowest BCUT2D eigenvalue weighted by atomic mass is 10.0. The molecule has 16 heavy (non-hydrogen) atoms. The van der Waals surface area contributed by atoms with Crippen LogP contribution >= 0.6 is 11.6 Å². The van der Waals surface area contributed by atoms with E-state index in [2.05, 4.69) is 0 Å². The van der Waals surface area contributed by atoms with Crippen molar-refractivity contribution < 1.29 is 18.3 Å². The Morgan fingerprint density at radius 1 is 1.50 bits per heavy atom. The normalized spacial score (nSPS) is 10.6. The fourth-order valence-corrected chi connectivity index (χ4v) is 1.52. The summed E-state index contributed by atoms with van der Waals surface area (Å²) in [5.74, 6) is -0.383. The summed E-state index contributed by atoms with van der Waals surface area (Å²) in [6.45, 7) is 0. The van der Waals surface area contributed by atoms with Crippen molar-refractivity contribution in [2.45, 2.75) is 12.8 Å². The molecule has 5 heteroatoms. The van der Waals surface area contributed by atoms with Gasteiger partial charge in [-0.1, -0.05) is 12.1 Å². The topological polar surface area (TPSA) is 26.3 Å². The molecule has 0 unspecified atom stereocenters. The highest BCUT2D eigenvalue weighted by Crippen LogP contribution is 2.32. The minimum absolute atomic E-state index is 0.0925. The fraction of sp³-hybridized carbons (Fsp3) is 0.364. The number of methoxy groups -OCH3 is 1. The number of halogens is 3. The summed E-state index contributed by atoms with van der Waals surface area (Å²) in [7, 11) is 1.31. The molecule has 2 nitrogen and oxygen atoms in total. The predicted octanol–water partition coefficient (Wildman–Crippen LogP) is 2.98. The standard InChI is InChI=1S/C11H11ClF2O2/c1-16-9-4-2-3-7(5-8(15)6-12)10(9)11(13)14/h2-4,11H,5-6H2,1H3. The highest BCUT2D eigenvalue weighted by atomic mass is 35.5. The molecule has 0 atom stereocenters. The molecule has 1 rings (SSSR count). The van der Waals surface area contributed by atoms with E-state index in [1.807, 2.05) is 0 Å². The van der Waals surface area contributed by atoms with E-state index in [1.165, 1.54) is 19.2 Å². The van der Waals surface area contributed by atoms with Crippen molar-refractivity contribution in [3.8, 4) is 5.75 Å². The third-order valence-electron chi connectivity index (χ3n) is 2.13. The molecule has 0 aliphatic carbocycles. The predicted molar refractivity (Wildman–Crippen MR) is 57.4 cm³/mol. The second-order valence-corrected chi connectivity index (χ2v) is 3.45. The molecular formula is C11H11ClF2O2. The van der Waals surface area contributed by atoms with E-state index in [9.17, 15) is 13.6 Å². The van der Waals surface area contributed by atoms with E-state index in [-0.39, 0.29) is 35.0 Å². The van der Waals surface area contributed by atoms with Gasteiger partial charge in [-0.2, -0.15) is 0 Å². The smallest absolute Gasteiger partial charge is 0.267 e. The SMILES string of the molecule is COc1cccc(CC(=O)CCl)c1C(F)F. The van der Waals surface area contributed by atoms with Crippen LogP contribution in [0.3, 0.4) is 0 Å². The lowest BCUT2D eigenvalue weighted by Crippen LogP contribution is -2.07. The van der Waals surface area contributed by atoms with Crippen molar-refractivity contribution in [1.29, 1.82) is 0 Å². The maximum atomic E-state index is 12.8.